The molecule has 1 aromatic heterocycles. The Morgan fingerprint density at radius 3 is 2.72 bits per heavy atom. The number of hydrogen-bond acceptors (Lipinski definition) is 4. The minimum atomic E-state index is -0.327. The average molecular weight is 393 g/mol. The van der Waals surface area contributed by atoms with Gasteiger partial charge in [0.15, 0.2) is 0 Å². The highest BCUT2D eigenvalue weighted by molar-refractivity contribution is 5.84. The van der Waals surface area contributed by atoms with E-state index in [1.807, 2.05) is 65.8 Å². The lowest BCUT2D eigenvalue weighted by atomic mass is 10.0. The van der Waals surface area contributed by atoms with Gasteiger partial charge in [-0.15, -0.1) is 0 Å². The fourth-order valence-corrected chi connectivity index (χ4v) is 4.45. The lowest BCUT2D eigenvalue weighted by molar-refractivity contribution is -0.135. The van der Waals surface area contributed by atoms with Crippen LogP contribution in [-0.2, 0) is 4.79 Å². The van der Waals surface area contributed by atoms with Gasteiger partial charge in [0, 0.05) is 18.2 Å². The summed E-state index contributed by atoms with van der Waals surface area (Å²) in [5, 5.41) is 0. The summed E-state index contributed by atoms with van der Waals surface area (Å²) in [6, 6.07) is 13.5. The van der Waals surface area contributed by atoms with E-state index in [-0.39, 0.29) is 18.0 Å². The topological polar surface area (TPSA) is 56.6 Å². The predicted octanol–water partition coefficient (Wildman–Crippen LogP) is 4.29. The van der Waals surface area contributed by atoms with E-state index < -0.39 is 0 Å². The maximum atomic E-state index is 13.6. The van der Waals surface area contributed by atoms with Crippen LogP contribution in [0.25, 0.3) is 11.0 Å². The fraction of sp³-hybridized carbons (Fsp3) is 0.391. The molecule has 2 aromatic carbocycles. The number of aromatic nitrogens is 2. The molecule has 0 unspecified atom stereocenters. The number of amides is 1. The van der Waals surface area contributed by atoms with Crippen molar-refractivity contribution in [2.75, 3.05) is 20.8 Å². The van der Waals surface area contributed by atoms with Crippen molar-refractivity contribution in [1.82, 2.24) is 14.5 Å². The van der Waals surface area contributed by atoms with Gasteiger partial charge in [0.05, 0.1) is 31.3 Å². The van der Waals surface area contributed by atoms with E-state index in [1.165, 1.54) is 0 Å². The molecule has 1 saturated heterocycles. The number of para-hydroxylation sites is 2. The van der Waals surface area contributed by atoms with Crippen LogP contribution in [0.5, 0.6) is 11.5 Å². The number of likely N-dealkylation sites (tertiary alicyclic amines) is 1. The Kier molecular flexibility index (Phi) is 5.18. The second-order valence-electron chi connectivity index (χ2n) is 7.49. The van der Waals surface area contributed by atoms with Gasteiger partial charge in [-0.2, -0.15) is 0 Å². The molecule has 2 heterocycles. The number of aryl methyl sites for hydroxylation is 1. The lowest BCUT2D eigenvalue weighted by Gasteiger charge is -2.30. The third-order valence-corrected chi connectivity index (χ3v) is 5.85. The van der Waals surface area contributed by atoms with Gasteiger partial charge in [-0.1, -0.05) is 12.1 Å². The zero-order valence-electron chi connectivity index (χ0n) is 17.4. The van der Waals surface area contributed by atoms with Crippen molar-refractivity contribution in [3.8, 4) is 11.5 Å². The van der Waals surface area contributed by atoms with E-state index >= 15 is 0 Å². The summed E-state index contributed by atoms with van der Waals surface area (Å²) in [5.74, 6) is 2.46. The first kappa shape index (κ1) is 19.3. The van der Waals surface area contributed by atoms with E-state index in [4.69, 9.17) is 9.47 Å². The highest BCUT2D eigenvalue weighted by atomic mass is 16.5. The number of fused-ring (bicyclic) bond motifs is 1. The van der Waals surface area contributed by atoms with Crippen LogP contribution in [-0.4, -0.2) is 41.1 Å². The summed E-state index contributed by atoms with van der Waals surface area (Å²) in [6.07, 6.45) is 1.90. The zero-order chi connectivity index (χ0) is 20.5. The van der Waals surface area contributed by atoms with Crippen LogP contribution in [0.4, 0.5) is 0 Å². The number of methoxy groups -OCH3 is 2. The zero-order valence-corrected chi connectivity index (χ0v) is 17.4. The highest BCUT2D eigenvalue weighted by Gasteiger charge is 2.35. The monoisotopic (exact) mass is 393 g/mol. The van der Waals surface area contributed by atoms with Crippen molar-refractivity contribution in [3.63, 3.8) is 0 Å². The summed E-state index contributed by atoms with van der Waals surface area (Å²) in [6.45, 7) is 4.66. The number of nitrogens with zero attached hydrogens (tertiary/aromatic N) is 3. The Morgan fingerprint density at radius 1 is 1.17 bits per heavy atom. The van der Waals surface area contributed by atoms with Crippen LogP contribution in [0.1, 0.15) is 43.2 Å². The fourth-order valence-electron chi connectivity index (χ4n) is 4.45. The third-order valence-electron chi connectivity index (χ3n) is 5.85. The molecule has 1 fully saturated rings. The molecule has 0 radical (unpaired) electrons. The number of benzene rings is 2. The molecule has 0 bridgehead atoms. The van der Waals surface area contributed by atoms with Gasteiger partial charge in [-0.25, -0.2) is 4.98 Å². The Labute approximate surface area is 171 Å². The maximum Gasteiger partial charge on any atom is 0.245 e. The van der Waals surface area contributed by atoms with Gasteiger partial charge in [-0.05, 0) is 51.0 Å². The first-order valence-electron chi connectivity index (χ1n) is 10.0. The molecule has 152 valence electrons. The van der Waals surface area contributed by atoms with Crippen molar-refractivity contribution in [3.05, 3.63) is 53.9 Å². The van der Waals surface area contributed by atoms with Crippen molar-refractivity contribution >= 4 is 16.9 Å². The van der Waals surface area contributed by atoms with Crippen LogP contribution in [0.3, 0.4) is 0 Å². The molecule has 2 atom stereocenters. The number of rotatable bonds is 5. The molecule has 0 saturated carbocycles. The Balaban J connectivity index is 1.67. The van der Waals surface area contributed by atoms with Gasteiger partial charge < -0.3 is 18.9 Å². The number of carbonyl (C=O) groups is 1. The van der Waals surface area contributed by atoms with Crippen LogP contribution in [0, 0.1) is 6.92 Å². The molecule has 29 heavy (non-hydrogen) atoms. The molecule has 0 N–H and O–H groups in total. The first-order valence-corrected chi connectivity index (χ1v) is 10.0. The SMILES string of the molecule is COc1ccc([C@@H]2CCCN2C(=O)[C@@H](C)n2c(C)nc3ccccc32)c(OC)c1. The van der Waals surface area contributed by atoms with E-state index in [0.29, 0.717) is 0 Å². The molecule has 3 aromatic rings. The minimum absolute atomic E-state index is 0.000831. The van der Waals surface area contributed by atoms with Gasteiger partial charge in [-0.3, -0.25) is 4.79 Å². The number of carbonyl (C=O) groups excluding carboxylic acids is 1. The quantitative estimate of drug-likeness (QED) is 0.649. The van der Waals surface area contributed by atoms with Gasteiger partial charge in [0.2, 0.25) is 5.91 Å². The first-order chi connectivity index (χ1) is 14.0. The predicted molar refractivity (Wildman–Crippen MR) is 112 cm³/mol. The van der Waals surface area contributed by atoms with Crippen molar-refractivity contribution in [2.45, 2.75) is 38.8 Å². The van der Waals surface area contributed by atoms with Crippen LogP contribution < -0.4 is 9.47 Å². The summed E-state index contributed by atoms with van der Waals surface area (Å²) in [5.41, 5.74) is 2.93. The van der Waals surface area contributed by atoms with Gasteiger partial charge in [0.1, 0.15) is 23.4 Å². The molecule has 0 spiro atoms. The van der Waals surface area contributed by atoms with Crippen LogP contribution in [0.15, 0.2) is 42.5 Å². The Morgan fingerprint density at radius 2 is 1.97 bits per heavy atom. The number of imidazole rings is 1. The molecular formula is C23H27N3O3. The van der Waals surface area contributed by atoms with E-state index in [0.717, 1.165) is 53.3 Å². The summed E-state index contributed by atoms with van der Waals surface area (Å²) in [4.78, 5) is 20.2. The molecule has 6 nitrogen and oxygen atoms in total. The summed E-state index contributed by atoms with van der Waals surface area (Å²) >= 11 is 0. The summed E-state index contributed by atoms with van der Waals surface area (Å²) in [7, 11) is 3.29. The van der Waals surface area contributed by atoms with Gasteiger partial charge in [0.25, 0.3) is 0 Å². The van der Waals surface area contributed by atoms with Crippen LogP contribution in [0.2, 0.25) is 0 Å². The summed E-state index contributed by atoms with van der Waals surface area (Å²) < 4.78 is 13.0. The molecular weight excluding hydrogens is 366 g/mol. The van der Waals surface area contributed by atoms with Crippen LogP contribution >= 0.6 is 0 Å². The molecule has 1 amide bonds. The smallest absolute Gasteiger partial charge is 0.245 e. The maximum absolute atomic E-state index is 13.6. The second-order valence-corrected chi connectivity index (χ2v) is 7.49. The molecule has 6 heteroatoms. The molecule has 1 aliphatic rings. The Hall–Kier alpha value is -3.02. The van der Waals surface area contributed by atoms with Crippen molar-refractivity contribution in [2.24, 2.45) is 0 Å². The van der Waals surface area contributed by atoms with E-state index in [2.05, 4.69) is 4.98 Å². The number of hydrogen-bond donors (Lipinski definition) is 0. The molecule has 4 rings (SSSR count). The van der Waals surface area contributed by atoms with E-state index in [9.17, 15) is 4.79 Å². The van der Waals surface area contributed by atoms with Gasteiger partial charge >= 0.3 is 0 Å². The second kappa shape index (κ2) is 7.78. The third kappa shape index (κ3) is 3.33. The molecule has 1 aliphatic heterocycles. The normalized spacial score (nSPS) is 17.5. The Bertz CT molecular complexity index is 1040. The molecule has 0 aliphatic carbocycles. The van der Waals surface area contributed by atoms with Crippen molar-refractivity contribution in [1.29, 1.82) is 0 Å². The average Bonchev–Trinajstić information content (AvgIpc) is 3.35. The largest absolute Gasteiger partial charge is 0.497 e. The standard InChI is InChI=1S/C23H27N3O3/c1-15(26-16(2)24-19-8-5-6-9-21(19)26)23(27)25-13-7-10-20(25)18-12-11-17(28-3)14-22(18)29-4/h5-6,8-9,11-12,14-15,20H,7,10,13H2,1-4H3/t15-,20+/m1/s1. The van der Waals surface area contributed by atoms with E-state index in [1.54, 1.807) is 14.2 Å². The minimum Gasteiger partial charge on any atom is -0.497 e. The number of ether oxygens (including phenoxy) is 2. The van der Waals surface area contributed by atoms with Crippen molar-refractivity contribution < 1.29 is 14.3 Å². The highest BCUT2D eigenvalue weighted by Crippen LogP contribution is 2.40. The lowest BCUT2D eigenvalue weighted by Crippen LogP contribution is -2.36.